The van der Waals surface area contributed by atoms with Gasteiger partial charge >= 0.3 is 0 Å². The Balaban J connectivity index is 2.47. The Labute approximate surface area is 105 Å². The molecule has 0 aliphatic rings. The van der Waals surface area contributed by atoms with Crippen molar-refractivity contribution in [1.82, 2.24) is 0 Å². The highest BCUT2D eigenvalue weighted by atomic mass is 32.1. The molecule has 1 nitrogen and oxygen atoms in total. The van der Waals surface area contributed by atoms with Crippen molar-refractivity contribution in [3.63, 3.8) is 0 Å². The van der Waals surface area contributed by atoms with E-state index in [2.05, 4.69) is 0 Å². The van der Waals surface area contributed by atoms with E-state index in [0.29, 0.717) is 11.1 Å². The fourth-order valence-corrected chi connectivity index (χ4v) is 2.99. The second kappa shape index (κ2) is 4.59. The van der Waals surface area contributed by atoms with Crippen LogP contribution in [0.15, 0.2) is 24.3 Å². The number of aryl methyl sites for hydroxylation is 3. The van der Waals surface area contributed by atoms with E-state index in [1.54, 1.807) is 25.1 Å². The number of aliphatic hydroxyl groups excluding tert-OH is 1. The Morgan fingerprint density at radius 1 is 1.18 bits per heavy atom. The summed E-state index contributed by atoms with van der Waals surface area (Å²) in [6.45, 7) is 5.63. The first-order chi connectivity index (χ1) is 8.00. The first kappa shape index (κ1) is 12.3. The lowest BCUT2D eigenvalue weighted by molar-refractivity contribution is 0.218. The Morgan fingerprint density at radius 2 is 1.88 bits per heavy atom. The van der Waals surface area contributed by atoms with E-state index in [9.17, 15) is 9.50 Å². The lowest BCUT2D eigenvalue weighted by Crippen LogP contribution is -2.03. The molecule has 0 amide bonds. The van der Waals surface area contributed by atoms with Gasteiger partial charge in [0, 0.05) is 15.3 Å². The molecule has 2 rings (SSSR count). The fraction of sp³-hybridized carbons (Fsp3) is 0.286. The quantitative estimate of drug-likeness (QED) is 0.857. The monoisotopic (exact) mass is 250 g/mol. The summed E-state index contributed by atoms with van der Waals surface area (Å²) >= 11 is 1.52. The molecule has 0 fully saturated rings. The lowest BCUT2D eigenvalue weighted by atomic mass is 10.0. The zero-order chi connectivity index (χ0) is 12.6. The van der Waals surface area contributed by atoms with Crippen molar-refractivity contribution in [3.8, 4) is 0 Å². The molecule has 0 aliphatic carbocycles. The predicted molar refractivity (Wildman–Crippen MR) is 69.0 cm³/mol. The second-order valence-corrected chi connectivity index (χ2v) is 5.57. The highest BCUT2D eigenvalue weighted by Crippen LogP contribution is 2.33. The minimum atomic E-state index is -0.867. The molecule has 3 heteroatoms. The highest BCUT2D eigenvalue weighted by Gasteiger charge is 2.19. The molecule has 90 valence electrons. The molecular formula is C14H15FOS. The van der Waals surface area contributed by atoms with Crippen molar-refractivity contribution >= 4 is 11.3 Å². The minimum Gasteiger partial charge on any atom is -0.383 e. The molecule has 0 aliphatic heterocycles. The zero-order valence-electron chi connectivity index (χ0n) is 10.1. The molecule has 0 saturated carbocycles. The number of rotatable bonds is 2. The van der Waals surface area contributed by atoms with Gasteiger partial charge in [-0.25, -0.2) is 4.39 Å². The van der Waals surface area contributed by atoms with Crippen molar-refractivity contribution in [3.05, 3.63) is 56.5 Å². The number of benzene rings is 1. The molecule has 2 aromatic rings. The number of thiophene rings is 1. The van der Waals surface area contributed by atoms with E-state index >= 15 is 0 Å². The Hall–Kier alpha value is -1.19. The van der Waals surface area contributed by atoms with Crippen LogP contribution in [0, 0.1) is 26.6 Å². The largest absolute Gasteiger partial charge is 0.383 e. The average molecular weight is 250 g/mol. The first-order valence-electron chi connectivity index (χ1n) is 5.50. The molecule has 0 bridgehead atoms. The van der Waals surface area contributed by atoms with E-state index in [1.165, 1.54) is 11.3 Å². The van der Waals surface area contributed by atoms with Gasteiger partial charge < -0.3 is 5.11 Å². The molecule has 1 aromatic carbocycles. The third-order valence-electron chi connectivity index (χ3n) is 2.84. The van der Waals surface area contributed by atoms with Crippen LogP contribution in [0.1, 0.15) is 32.5 Å². The van der Waals surface area contributed by atoms with Crippen molar-refractivity contribution < 1.29 is 9.50 Å². The van der Waals surface area contributed by atoms with E-state index in [1.807, 2.05) is 19.9 Å². The van der Waals surface area contributed by atoms with Crippen molar-refractivity contribution in [1.29, 1.82) is 0 Å². The van der Waals surface area contributed by atoms with Crippen LogP contribution in [-0.2, 0) is 0 Å². The summed E-state index contributed by atoms with van der Waals surface area (Å²) < 4.78 is 13.9. The van der Waals surface area contributed by atoms with Crippen LogP contribution in [0.2, 0.25) is 0 Å². The first-order valence-corrected chi connectivity index (χ1v) is 6.32. The highest BCUT2D eigenvalue weighted by molar-refractivity contribution is 7.12. The van der Waals surface area contributed by atoms with Crippen LogP contribution < -0.4 is 0 Å². The molecule has 0 radical (unpaired) electrons. The van der Waals surface area contributed by atoms with Gasteiger partial charge in [-0.15, -0.1) is 11.3 Å². The smallest absolute Gasteiger partial charge is 0.132 e. The number of hydrogen-bond acceptors (Lipinski definition) is 2. The Bertz CT molecular complexity index is 545. The minimum absolute atomic E-state index is 0.314. The van der Waals surface area contributed by atoms with Gasteiger partial charge in [0.2, 0.25) is 0 Å². The van der Waals surface area contributed by atoms with Crippen molar-refractivity contribution in [2.24, 2.45) is 0 Å². The SMILES string of the molecule is Cc1cc(C)c(C(O)c2cccc(C)c2F)s1. The normalized spacial score (nSPS) is 12.8. The molecule has 0 saturated heterocycles. The summed E-state index contributed by atoms with van der Waals surface area (Å²) in [6.07, 6.45) is -0.867. The number of aliphatic hydroxyl groups is 1. The zero-order valence-corrected chi connectivity index (χ0v) is 10.9. The molecule has 1 heterocycles. The van der Waals surface area contributed by atoms with Crippen molar-refractivity contribution in [2.75, 3.05) is 0 Å². The molecule has 1 aromatic heterocycles. The van der Waals surface area contributed by atoms with Crippen LogP contribution in [0.25, 0.3) is 0 Å². The van der Waals surface area contributed by atoms with Crippen LogP contribution >= 0.6 is 11.3 Å². The molecule has 0 spiro atoms. The van der Waals surface area contributed by atoms with E-state index in [4.69, 9.17) is 0 Å². The maximum absolute atomic E-state index is 13.9. The third-order valence-corrected chi connectivity index (χ3v) is 4.05. The van der Waals surface area contributed by atoms with E-state index < -0.39 is 6.10 Å². The Morgan fingerprint density at radius 3 is 2.47 bits per heavy atom. The van der Waals surface area contributed by atoms with Crippen molar-refractivity contribution in [2.45, 2.75) is 26.9 Å². The average Bonchev–Trinajstić information content (AvgIpc) is 2.61. The molecule has 1 unspecified atom stereocenters. The fourth-order valence-electron chi connectivity index (χ4n) is 1.95. The van der Waals surface area contributed by atoms with Crippen LogP contribution in [0.3, 0.4) is 0 Å². The molecular weight excluding hydrogens is 235 g/mol. The van der Waals surface area contributed by atoms with Gasteiger partial charge in [0.05, 0.1) is 0 Å². The number of halogens is 1. The summed E-state index contributed by atoms with van der Waals surface area (Å²) in [7, 11) is 0. The number of hydrogen-bond donors (Lipinski definition) is 1. The molecule has 1 N–H and O–H groups in total. The van der Waals surface area contributed by atoms with Gasteiger partial charge in [-0.3, -0.25) is 0 Å². The molecule has 1 atom stereocenters. The van der Waals surface area contributed by atoms with Gasteiger partial charge in [-0.05, 0) is 38.0 Å². The van der Waals surface area contributed by atoms with E-state index in [-0.39, 0.29) is 5.82 Å². The van der Waals surface area contributed by atoms with Crippen LogP contribution in [0.4, 0.5) is 4.39 Å². The van der Waals surface area contributed by atoms with Crippen LogP contribution in [0.5, 0.6) is 0 Å². The van der Waals surface area contributed by atoms with Crippen LogP contribution in [-0.4, -0.2) is 5.11 Å². The lowest BCUT2D eigenvalue weighted by Gasteiger charge is -2.12. The van der Waals surface area contributed by atoms with Gasteiger partial charge in [0.15, 0.2) is 0 Å². The second-order valence-electron chi connectivity index (χ2n) is 4.28. The third kappa shape index (κ3) is 2.26. The van der Waals surface area contributed by atoms with E-state index in [0.717, 1.165) is 15.3 Å². The van der Waals surface area contributed by atoms with Gasteiger partial charge in [-0.2, -0.15) is 0 Å². The summed E-state index contributed by atoms with van der Waals surface area (Å²) in [4.78, 5) is 1.96. The van der Waals surface area contributed by atoms with Gasteiger partial charge in [-0.1, -0.05) is 18.2 Å². The Kier molecular flexibility index (Phi) is 3.31. The maximum Gasteiger partial charge on any atom is 0.132 e. The summed E-state index contributed by atoms with van der Waals surface area (Å²) in [5.41, 5.74) is 1.93. The maximum atomic E-state index is 13.9. The molecule has 17 heavy (non-hydrogen) atoms. The van der Waals surface area contributed by atoms with Gasteiger partial charge in [0.25, 0.3) is 0 Å². The topological polar surface area (TPSA) is 20.2 Å². The summed E-state index contributed by atoms with van der Waals surface area (Å²) in [6, 6.07) is 7.13. The standard InChI is InChI=1S/C14H15FOS/c1-8-5-4-6-11(12(8)15)13(16)14-9(2)7-10(3)17-14/h4-7,13,16H,1-3H3. The van der Waals surface area contributed by atoms with Gasteiger partial charge in [0.1, 0.15) is 11.9 Å². The summed E-state index contributed by atoms with van der Waals surface area (Å²) in [5.74, 6) is -0.314. The predicted octanol–water partition coefficient (Wildman–Crippen LogP) is 3.89. The summed E-state index contributed by atoms with van der Waals surface area (Å²) in [5, 5.41) is 10.3.